The fourth-order valence-corrected chi connectivity index (χ4v) is 3.57. The summed E-state index contributed by atoms with van der Waals surface area (Å²) < 4.78 is 18.1. The van der Waals surface area contributed by atoms with Crippen LogP contribution in [-0.4, -0.2) is 38.4 Å². The summed E-state index contributed by atoms with van der Waals surface area (Å²) in [5.41, 5.74) is 2.21. The van der Waals surface area contributed by atoms with E-state index in [0.29, 0.717) is 41.2 Å². The van der Waals surface area contributed by atoms with Crippen molar-refractivity contribution in [2.24, 2.45) is 0 Å². The molecule has 0 atom stereocenters. The molecule has 8 nitrogen and oxygen atoms in total. The van der Waals surface area contributed by atoms with Gasteiger partial charge in [0.25, 0.3) is 5.89 Å². The number of carbonyl (C=O) groups excluding carboxylic acids is 1. The van der Waals surface area contributed by atoms with Gasteiger partial charge in [0.1, 0.15) is 11.4 Å². The molecule has 0 amide bonds. The maximum atomic E-state index is 11.7. The van der Waals surface area contributed by atoms with Crippen molar-refractivity contribution >= 4 is 28.6 Å². The monoisotopic (exact) mass is 454 g/mol. The second kappa shape index (κ2) is 9.40. The van der Waals surface area contributed by atoms with Gasteiger partial charge in [-0.05, 0) is 51.1 Å². The molecule has 9 heteroatoms. The highest BCUT2D eigenvalue weighted by molar-refractivity contribution is 6.32. The normalized spacial score (nSPS) is 11.3. The molecule has 0 aliphatic rings. The van der Waals surface area contributed by atoms with Crippen LogP contribution in [0.25, 0.3) is 33.9 Å². The third-order valence-corrected chi connectivity index (χ3v) is 5.03. The molecule has 0 fully saturated rings. The van der Waals surface area contributed by atoms with Gasteiger partial charge in [0, 0.05) is 35.5 Å². The molecule has 0 unspecified atom stereocenters. The van der Waals surface area contributed by atoms with Gasteiger partial charge in [0.05, 0.1) is 24.2 Å². The first-order valence-electron chi connectivity index (χ1n) is 10.4. The van der Waals surface area contributed by atoms with E-state index in [4.69, 9.17) is 25.6 Å². The number of aromatic nitrogens is 4. The second-order valence-corrected chi connectivity index (χ2v) is 7.80. The van der Waals surface area contributed by atoms with Gasteiger partial charge in [-0.3, -0.25) is 4.79 Å². The van der Waals surface area contributed by atoms with Gasteiger partial charge in [-0.15, -0.1) is 0 Å². The van der Waals surface area contributed by atoms with Crippen LogP contribution in [0.3, 0.4) is 0 Å². The molecule has 166 valence electrons. The molecule has 3 heterocycles. The van der Waals surface area contributed by atoms with Crippen molar-refractivity contribution < 1.29 is 18.8 Å². The number of pyridine rings is 1. The van der Waals surface area contributed by atoms with Gasteiger partial charge in [-0.1, -0.05) is 16.8 Å². The predicted molar refractivity (Wildman–Crippen MR) is 120 cm³/mol. The van der Waals surface area contributed by atoms with Crippen LogP contribution in [0.15, 0.2) is 47.2 Å². The average molecular weight is 455 g/mol. The Bertz CT molecular complexity index is 1250. The molecule has 0 saturated heterocycles. The zero-order valence-corrected chi connectivity index (χ0v) is 18.8. The highest BCUT2D eigenvalue weighted by Gasteiger charge is 2.17. The van der Waals surface area contributed by atoms with E-state index >= 15 is 0 Å². The molecule has 0 aliphatic heterocycles. The van der Waals surface area contributed by atoms with Gasteiger partial charge >= 0.3 is 5.97 Å². The topological polar surface area (TPSA) is 92.3 Å². The minimum atomic E-state index is -0.239. The first-order chi connectivity index (χ1) is 15.5. The van der Waals surface area contributed by atoms with E-state index in [2.05, 4.69) is 15.1 Å². The summed E-state index contributed by atoms with van der Waals surface area (Å²) in [4.78, 5) is 20.7. The number of nitrogens with zero attached hydrogens (tertiary/aromatic N) is 4. The number of carbonyl (C=O) groups is 1. The molecular formula is C23H23ClN4O4. The largest absolute Gasteiger partial charge is 0.489 e. The minimum Gasteiger partial charge on any atom is -0.489 e. The fraction of sp³-hybridized carbons (Fsp3) is 0.304. The second-order valence-electron chi connectivity index (χ2n) is 7.39. The van der Waals surface area contributed by atoms with Crippen molar-refractivity contribution in [1.29, 1.82) is 0 Å². The van der Waals surface area contributed by atoms with Gasteiger partial charge < -0.3 is 18.6 Å². The SMILES string of the molecule is CCOC(=O)CCn1ccc2c(-c3noc(-c4ccc(OC(C)C)c(Cl)c4)n3)ccnc21. The molecule has 0 bridgehead atoms. The molecule has 0 aliphatic carbocycles. The van der Waals surface area contributed by atoms with Crippen LogP contribution in [0, 0.1) is 0 Å². The highest BCUT2D eigenvalue weighted by atomic mass is 35.5. The highest BCUT2D eigenvalue weighted by Crippen LogP contribution is 2.32. The number of halogens is 1. The number of aryl methyl sites for hydroxylation is 1. The smallest absolute Gasteiger partial charge is 0.307 e. The Balaban J connectivity index is 1.60. The average Bonchev–Trinajstić information content (AvgIpc) is 3.41. The number of rotatable bonds is 8. The molecule has 3 aromatic heterocycles. The Morgan fingerprint density at radius 3 is 2.84 bits per heavy atom. The number of hydrogen-bond donors (Lipinski definition) is 0. The summed E-state index contributed by atoms with van der Waals surface area (Å²) in [5.74, 6) is 1.15. The van der Waals surface area contributed by atoms with Crippen LogP contribution in [0.2, 0.25) is 5.02 Å². The third kappa shape index (κ3) is 4.60. The van der Waals surface area contributed by atoms with Crippen LogP contribution in [-0.2, 0) is 16.1 Å². The van der Waals surface area contributed by atoms with Crippen LogP contribution in [0.4, 0.5) is 0 Å². The molecule has 4 aromatic rings. The molecule has 1 aromatic carbocycles. The van der Waals surface area contributed by atoms with E-state index in [1.54, 1.807) is 25.3 Å². The van der Waals surface area contributed by atoms with Crippen molar-refractivity contribution in [2.45, 2.75) is 39.8 Å². The number of fused-ring (bicyclic) bond motifs is 1. The van der Waals surface area contributed by atoms with E-state index in [1.807, 2.05) is 42.8 Å². The van der Waals surface area contributed by atoms with Crippen molar-refractivity contribution in [2.75, 3.05) is 6.61 Å². The van der Waals surface area contributed by atoms with Gasteiger partial charge in [0.2, 0.25) is 5.82 Å². The minimum absolute atomic E-state index is 0.0204. The van der Waals surface area contributed by atoms with Crippen LogP contribution in [0.5, 0.6) is 5.75 Å². The zero-order chi connectivity index (χ0) is 22.7. The molecular weight excluding hydrogens is 432 g/mol. The van der Waals surface area contributed by atoms with Gasteiger partial charge in [-0.2, -0.15) is 4.98 Å². The van der Waals surface area contributed by atoms with E-state index < -0.39 is 0 Å². The lowest BCUT2D eigenvalue weighted by atomic mass is 10.1. The van der Waals surface area contributed by atoms with Crippen molar-refractivity contribution in [3.63, 3.8) is 0 Å². The van der Waals surface area contributed by atoms with Crippen molar-refractivity contribution in [1.82, 2.24) is 19.7 Å². The molecule has 32 heavy (non-hydrogen) atoms. The summed E-state index contributed by atoms with van der Waals surface area (Å²) in [5, 5.41) is 5.49. The fourth-order valence-electron chi connectivity index (χ4n) is 3.34. The summed E-state index contributed by atoms with van der Waals surface area (Å²) in [6, 6.07) is 9.11. The quantitative estimate of drug-likeness (QED) is 0.340. The molecule has 4 rings (SSSR count). The van der Waals surface area contributed by atoms with E-state index in [1.165, 1.54) is 0 Å². The lowest BCUT2D eigenvalue weighted by Gasteiger charge is -2.11. The van der Waals surface area contributed by atoms with E-state index in [9.17, 15) is 4.79 Å². The molecule has 0 saturated carbocycles. The lowest BCUT2D eigenvalue weighted by molar-refractivity contribution is -0.143. The van der Waals surface area contributed by atoms with Crippen molar-refractivity contribution in [3.05, 3.63) is 47.7 Å². The lowest BCUT2D eigenvalue weighted by Crippen LogP contribution is -2.08. The first kappa shape index (κ1) is 21.8. The Labute approximate surface area is 190 Å². The maximum absolute atomic E-state index is 11.7. The zero-order valence-electron chi connectivity index (χ0n) is 18.0. The summed E-state index contributed by atoms with van der Waals surface area (Å²) in [7, 11) is 0. The number of esters is 1. The van der Waals surface area contributed by atoms with Gasteiger partial charge in [-0.25, -0.2) is 4.98 Å². The number of hydrogen-bond acceptors (Lipinski definition) is 7. The standard InChI is InChI=1S/C23H23ClN4O4/c1-4-30-20(29)9-12-28-11-8-17-16(7-10-25-22(17)28)21-26-23(32-27-21)15-5-6-19(18(24)13-15)31-14(2)3/h5-8,10-11,13-14H,4,9,12H2,1-3H3. The Morgan fingerprint density at radius 1 is 1.25 bits per heavy atom. The summed E-state index contributed by atoms with van der Waals surface area (Å²) >= 11 is 6.34. The number of ether oxygens (including phenoxy) is 2. The summed E-state index contributed by atoms with van der Waals surface area (Å²) in [6.07, 6.45) is 3.86. The van der Waals surface area contributed by atoms with Crippen molar-refractivity contribution in [3.8, 4) is 28.6 Å². The first-order valence-corrected chi connectivity index (χ1v) is 10.7. The van der Waals surface area contributed by atoms with Crippen LogP contribution < -0.4 is 4.74 Å². The van der Waals surface area contributed by atoms with E-state index in [0.717, 1.165) is 16.6 Å². The van der Waals surface area contributed by atoms with Crippen LogP contribution >= 0.6 is 11.6 Å². The predicted octanol–water partition coefficient (Wildman–Crippen LogP) is 5.15. The Morgan fingerprint density at radius 2 is 2.09 bits per heavy atom. The van der Waals surface area contributed by atoms with Gasteiger partial charge in [0.15, 0.2) is 0 Å². The van der Waals surface area contributed by atoms with E-state index in [-0.39, 0.29) is 18.5 Å². The molecule has 0 N–H and O–H groups in total. The molecule has 0 spiro atoms. The molecule has 0 radical (unpaired) electrons. The Hall–Kier alpha value is -3.39. The maximum Gasteiger partial charge on any atom is 0.307 e. The Kier molecular flexibility index (Phi) is 6.41. The van der Waals surface area contributed by atoms with Crippen LogP contribution in [0.1, 0.15) is 27.2 Å². The third-order valence-electron chi connectivity index (χ3n) is 4.73. The summed E-state index contributed by atoms with van der Waals surface area (Å²) in [6.45, 7) is 6.51. The number of benzene rings is 1.